The van der Waals surface area contributed by atoms with Crippen LogP contribution in [0.25, 0.3) is 0 Å². The van der Waals surface area contributed by atoms with Gasteiger partial charge in [-0.2, -0.15) is 4.99 Å². The number of hydrogen-bond donors (Lipinski definition) is 1. The normalized spacial score (nSPS) is 24.8. The van der Waals surface area contributed by atoms with Gasteiger partial charge < -0.3 is 5.11 Å². The summed E-state index contributed by atoms with van der Waals surface area (Å²) in [6.45, 7) is 0.816. The van der Waals surface area contributed by atoms with Crippen LogP contribution in [-0.2, 0) is 5.72 Å². The van der Waals surface area contributed by atoms with Crippen molar-refractivity contribution in [3.63, 3.8) is 0 Å². The molecule has 0 bridgehead atoms. The average molecular weight is 404 g/mol. The summed E-state index contributed by atoms with van der Waals surface area (Å²) in [6.07, 6.45) is 1.09. The number of amidine groups is 2. The van der Waals surface area contributed by atoms with Crippen molar-refractivity contribution in [3.8, 4) is 0 Å². The molecule has 0 aromatic heterocycles. The van der Waals surface area contributed by atoms with Crippen LogP contribution in [0.4, 0.5) is 5.69 Å². The van der Waals surface area contributed by atoms with Gasteiger partial charge in [-0.05, 0) is 30.7 Å². The Labute approximate surface area is 166 Å². The van der Waals surface area contributed by atoms with Gasteiger partial charge in [0.1, 0.15) is 0 Å². The van der Waals surface area contributed by atoms with Crippen LogP contribution in [0.5, 0.6) is 0 Å². The monoisotopic (exact) mass is 403 g/mol. The van der Waals surface area contributed by atoms with Gasteiger partial charge in [0.25, 0.3) is 0 Å². The maximum atomic E-state index is 11.6. The molecule has 0 saturated carbocycles. The highest BCUT2D eigenvalue weighted by atomic mass is 35.5. The molecule has 0 aliphatic carbocycles. The molecule has 0 radical (unpaired) electrons. The molecule has 2 heterocycles. The van der Waals surface area contributed by atoms with Crippen LogP contribution in [0.15, 0.2) is 64.6 Å². The fourth-order valence-corrected chi connectivity index (χ4v) is 5.10. The third-order valence-corrected chi connectivity index (χ3v) is 6.56. The second-order valence-corrected chi connectivity index (χ2v) is 8.48. The highest BCUT2D eigenvalue weighted by Gasteiger charge is 2.46. The van der Waals surface area contributed by atoms with Gasteiger partial charge >= 0.3 is 0 Å². The lowest BCUT2D eigenvalue weighted by Gasteiger charge is -2.34. The van der Waals surface area contributed by atoms with Crippen molar-refractivity contribution < 1.29 is 5.11 Å². The van der Waals surface area contributed by atoms with E-state index in [1.165, 1.54) is 0 Å². The Balaban J connectivity index is 1.78. The summed E-state index contributed by atoms with van der Waals surface area (Å²) in [5, 5.41) is 13.8. The van der Waals surface area contributed by atoms with E-state index in [1.807, 2.05) is 47.4 Å². The van der Waals surface area contributed by atoms with Crippen LogP contribution in [0.2, 0.25) is 5.02 Å². The number of aliphatic hydroxyl groups is 1. The highest BCUT2D eigenvalue weighted by Crippen LogP contribution is 2.42. The number of thioether (sulfide) groups is 2. The van der Waals surface area contributed by atoms with Crippen molar-refractivity contribution in [2.24, 2.45) is 9.98 Å². The lowest BCUT2D eigenvalue weighted by Crippen LogP contribution is -2.45. The van der Waals surface area contributed by atoms with Gasteiger partial charge in [0.15, 0.2) is 16.1 Å². The average Bonchev–Trinajstić information content (AvgIpc) is 3.01. The van der Waals surface area contributed by atoms with E-state index in [-0.39, 0.29) is 0 Å². The lowest BCUT2D eigenvalue weighted by molar-refractivity contribution is 0.0768. The molecule has 1 saturated heterocycles. The number of nitrogens with zero attached hydrogens (tertiary/aromatic N) is 3. The molecular formula is C19H18ClN3OS2. The molecule has 7 heteroatoms. The first-order chi connectivity index (χ1) is 12.7. The standard InChI is InChI=1S/C19H18ClN3OS2/c20-15-9-7-14(8-10-15)19(24)13-26-18(22-17-21-11-4-12-25-17)23(19)16-5-2-1-3-6-16/h1-3,5-10,24H,4,11-13H2/t19-/m0/s1. The third kappa shape index (κ3) is 3.51. The largest absolute Gasteiger partial charge is 0.366 e. The Bertz CT molecular complexity index is 842. The number of rotatable bonds is 2. The summed E-state index contributed by atoms with van der Waals surface area (Å²) in [5.74, 6) is 1.52. The summed E-state index contributed by atoms with van der Waals surface area (Å²) < 4.78 is 0. The van der Waals surface area contributed by atoms with Crippen molar-refractivity contribution in [1.29, 1.82) is 0 Å². The molecule has 2 aliphatic rings. The molecule has 4 rings (SSSR count). The SMILES string of the molecule is O[C@]1(c2ccc(Cl)cc2)CSC(=NC2=NCCCS2)N1c1ccccc1. The smallest absolute Gasteiger partial charge is 0.185 e. The van der Waals surface area contributed by atoms with Crippen LogP contribution in [-0.4, -0.2) is 33.5 Å². The molecule has 1 atom stereocenters. The summed E-state index contributed by atoms with van der Waals surface area (Å²) in [4.78, 5) is 11.2. The van der Waals surface area contributed by atoms with Gasteiger partial charge in [-0.3, -0.25) is 9.89 Å². The fraction of sp³-hybridized carbons (Fsp3) is 0.263. The first-order valence-electron chi connectivity index (χ1n) is 8.39. The van der Waals surface area contributed by atoms with Crippen molar-refractivity contribution >= 4 is 51.1 Å². The van der Waals surface area contributed by atoms with Crippen molar-refractivity contribution in [3.05, 3.63) is 65.2 Å². The molecule has 0 spiro atoms. The zero-order valence-corrected chi connectivity index (χ0v) is 16.4. The Kier molecular flexibility index (Phi) is 5.27. The zero-order valence-electron chi connectivity index (χ0n) is 14.0. The lowest BCUT2D eigenvalue weighted by atomic mass is 10.0. The van der Waals surface area contributed by atoms with Crippen LogP contribution in [0.3, 0.4) is 0 Å². The third-order valence-electron chi connectivity index (χ3n) is 4.26. The molecule has 134 valence electrons. The highest BCUT2D eigenvalue weighted by molar-refractivity contribution is 8.15. The summed E-state index contributed by atoms with van der Waals surface area (Å²) >= 11 is 9.24. The predicted octanol–water partition coefficient (Wildman–Crippen LogP) is 4.59. The van der Waals surface area contributed by atoms with Gasteiger partial charge in [0.2, 0.25) is 0 Å². The maximum absolute atomic E-state index is 11.6. The molecule has 2 aromatic carbocycles. The maximum Gasteiger partial charge on any atom is 0.185 e. The molecular weight excluding hydrogens is 386 g/mol. The van der Waals surface area contributed by atoms with E-state index in [2.05, 4.69) is 4.99 Å². The Morgan fingerprint density at radius 1 is 1.08 bits per heavy atom. The number of hydrogen-bond acceptors (Lipinski definition) is 5. The second kappa shape index (κ2) is 7.64. The molecule has 2 aliphatic heterocycles. The first-order valence-corrected chi connectivity index (χ1v) is 10.7. The van der Waals surface area contributed by atoms with Gasteiger partial charge in [0.05, 0.1) is 5.75 Å². The number of benzene rings is 2. The molecule has 4 nitrogen and oxygen atoms in total. The molecule has 0 unspecified atom stereocenters. The fourth-order valence-electron chi connectivity index (χ4n) is 2.96. The predicted molar refractivity (Wildman–Crippen MR) is 114 cm³/mol. The second-order valence-electron chi connectivity index (χ2n) is 6.04. The van der Waals surface area contributed by atoms with E-state index in [0.29, 0.717) is 10.8 Å². The van der Waals surface area contributed by atoms with E-state index < -0.39 is 5.72 Å². The molecule has 0 amide bonds. The molecule has 1 fully saturated rings. The minimum Gasteiger partial charge on any atom is -0.366 e. The van der Waals surface area contributed by atoms with Crippen molar-refractivity contribution in [1.82, 2.24) is 0 Å². The molecule has 1 N–H and O–H groups in total. The number of aliphatic imine (C=N–C) groups is 2. The van der Waals surface area contributed by atoms with Crippen LogP contribution in [0, 0.1) is 0 Å². The van der Waals surface area contributed by atoms with Crippen LogP contribution >= 0.6 is 35.1 Å². The van der Waals surface area contributed by atoms with Gasteiger partial charge in [0, 0.05) is 28.6 Å². The van der Waals surface area contributed by atoms with Crippen molar-refractivity contribution in [2.75, 3.05) is 23.0 Å². The Morgan fingerprint density at radius 2 is 1.85 bits per heavy atom. The minimum atomic E-state index is -1.19. The first kappa shape index (κ1) is 17.9. The van der Waals surface area contributed by atoms with Crippen molar-refractivity contribution in [2.45, 2.75) is 12.1 Å². The number of para-hydroxylation sites is 1. The molecule has 26 heavy (non-hydrogen) atoms. The Morgan fingerprint density at radius 3 is 2.54 bits per heavy atom. The van der Waals surface area contributed by atoms with Gasteiger partial charge in [-0.15, -0.1) is 0 Å². The van der Waals surface area contributed by atoms with E-state index in [4.69, 9.17) is 16.6 Å². The van der Waals surface area contributed by atoms with Crippen LogP contribution < -0.4 is 4.90 Å². The quantitative estimate of drug-likeness (QED) is 0.796. The molecule has 2 aromatic rings. The van der Waals surface area contributed by atoms with Gasteiger partial charge in [-0.1, -0.05) is 65.5 Å². The summed E-state index contributed by atoms with van der Waals surface area (Å²) in [6, 6.07) is 17.2. The number of anilines is 1. The summed E-state index contributed by atoms with van der Waals surface area (Å²) in [7, 11) is 0. The van der Waals surface area contributed by atoms with Gasteiger partial charge in [-0.25, -0.2) is 0 Å². The Hall–Kier alpha value is -1.47. The van der Waals surface area contributed by atoms with E-state index in [9.17, 15) is 5.11 Å². The van der Waals surface area contributed by atoms with E-state index in [0.717, 1.165) is 40.3 Å². The zero-order chi connectivity index (χ0) is 18.0. The topological polar surface area (TPSA) is 48.2 Å². The van der Waals surface area contributed by atoms with E-state index in [1.54, 1.807) is 35.7 Å². The van der Waals surface area contributed by atoms with E-state index >= 15 is 0 Å². The minimum absolute atomic E-state index is 0.486. The summed E-state index contributed by atoms with van der Waals surface area (Å²) in [5.41, 5.74) is 0.506. The number of halogens is 1. The van der Waals surface area contributed by atoms with Crippen LogP contribution in [0.1, 0.15) is 12.0 Å².